The lowest BCUT2D eigenvalue weighted by atomic mass is 9.90. The van der Waals surface area contributed by atoms with Gasteiger partial charge in [-0.3, -0.25) is 4.79 Å². The Balaban J connectivity index is 1.03. The number of nitrogens with zero attached hydrogens (tertiary/aromatic N) is 2. The third-order valence-electron chi connectivity index (χ3n) is 11.1. The van der Waals surface area contributed by atoms with Gasteiger partial charge in [-0.1, -0.05) is 30.4 Å². The monoisotopic (exact) mass is 711 g/mol. The summed E-state index contributed by atoms with van der Waals surface area (Å²) >= 11 is 1.45. The maximum absolute atomic E-state index is 14.3. The zero-order valence-electron chi connectivity index (χ0n) is 28.0. The molecule has 1 aromatic heterocycles. The van der Waals surface area contributed by atoms with Crippen LogP contribution in [-0.2, 0) is 35.4 Å². The van der Waals surface area contributed by atoms with Crippen LogP contribution in [0.15, 0.2) is 47.4 Å². The van der Waals surface area contributed by atoms with E-state index < -0.39 is 28.0 Å². The van der Waals surface area contributed by atoms with Crippen LogP contribution in [0.3, 0.4) is 0 Å². The van der Waals surface area contributed by atoms with Crippen molar-refractivity contribution in [3.05, 3.63) is 48.0 Å². The van der Waals surface area contributed by atoms with E-state index in [1.165, 1.54) is 15.6 Å². The first-order valence-corrected chi connectivity index (χ1v) is 19.7. The van der Waals surface area contributed by atoms with Gasteiger partial charge >= 0.3 is 5.97 Å². The average Bonchev–Trinajstić information content (AvgIpc) is 3.92. The van der Waals surface area contributed by atoms with Crippen molar-refractivity contribution in [1.29, 1.82) is 0 Å². The van der Waals surface area contributed by atoms with Crippen LogP contribution < -0.4 is 10.1 Å². The van der Waals surface area contributed by atoms with Gasteiger partial charge in [-0.25, -0.2) is 13.4 Å². The van der Waals surface area contributed by atoms with Gasteiger partial charge in [0, 0.05) is 42.8 Å². The number of carbonyl (C=O) groups is 1. The van der Waals surface area contributed by atoms with E-state index in [1.807, 2.05) is 24.3 Å². The third-order valence-corrected chi connectivity index (χ3v) is 13.9. The topological polar surface area (TPSA) is 137 Å². The summed E-state index contributed by atoms with van der Waals surface area (Å²) in [6, 6.07) is 13.0. The Hall–Kier alpha value is -2.81. The minimum Gasteiger partial charge on any atom is -0.497 e. The number of hydrogen-bond donors (Lipinski definition) is 2. The van der Waals surface area contributed by atoms with Gasteiger partial charge in [0.25, 0.3) is 0 Å². The Bertz CT molecular complexity index is 1790. The van der Waals surface area contributed by atoms with Crippen LogP contribution in [0.5, 0.6) is 5.75 Å². The number of esters is 1. The third kappa shape index (κ3) is 7.07. The number of carbonyl (C=O) groups excluding carboxylic acids is 1. The molecule has 13 heteroatoms. The molecule has 2 N–H and O–H groups in total. The number of aliphatic hydroxyl groups excluding tert-OH is 1. The summed E-state index contributed by atoms with van der Waals surface area (Å²) in [5.41, 5.74) is 1.50. The fraction of sp³-hybridized carbons (Fsp3) is 0.611. The average molecular weight is 712 g/mol. The van der Waals surface area contributed by atoms with Crippen molar-refractivity contribution >= 4 is 42.7 Å². The number of anilines is 1. The molecule has 2 aliphatic heterocycles. The number of methoxy groups -OCH3 is 1. The predicted molar refractivity (Wildman–Crippen MR) is 184 cm³/mol. The summed E-state index contributed by atoms with van der Waals surface area (Å²) in [5.74, 6) is 0.215. The molecule has 11 nitrogen and oxygen atoms in total. The van der Waals surface area contributed by atoms with E-state index in [-0.39, 0.29) is 60.0 Å². The summed E-state index contributed by atoms with van der Waals surface area (Å²) < 4.78 is 54.0. The van der Waals surface area contributed by atoms with Gasteiger partial charge in [0.05, 0.1) is 48.0 Å². The maximum atomic E-state index is 14.3. The van der Waals surface area contributed by atoms with Gasteiger partial charge in [-0.2, -0.15) is 4.31 Å². The smallest absolute Gasteiger partial charge is 0.306 e. The van der Waals surface area contributed by atoms with Crippen molar-refractivity contribution in [2.75, 3.05) is 38.7 Å². The van der Waals surface area contributed by atoms with Gasteiger partial charge < -0.3 is 29.4 Å². The van der Waals surface area contributed by atoms with Crippen molar-refractivity contribution in [2.24, 2.45) is 29.1 Å². The number of benzene rings is 2. The second-order valence-electron chi connectivity index (χ2n) is 15.1. The quantitative estimate of drug-likeness (QED) is 0.211. The van der Waals surface area contributed by atoms with Crippen molar-refractivity contribution in [1.82, 2.24) is 9.29 Å². The molecule has 3 saturated carbocycles. The molecule has 0 spiro atoms. The van der Waals surface area contributed by atoms with Crippen molar-refractivity contribution < 1.29 is 37.3 Å². The first-order valence-electron chi connectivity index (χ1n) is 17.5. The molecule has 5 unspecified atom stereocenters. The van der Waals surface area contributed by atoms with E-state index >= 15 is 0 Å². The van der Waals surface area contributed by atoms with Crippen LogP contribution in [0.1, 0.15) is 51.0 Å². The minimum absolute atomic E-state index is 0.0479. The van der Waals surface area contributed by atoms with Crippen molar-refractivity contribution in [2.45, 2.75) is 81.3 Å². The minimum atomic E-state index is -3.99. The lowest BCUT2D eigenvalue weighted by Crippen LogP contribution is -2.44. The molecule has 3 aliphatic carbocycles. The van der Waals surface area contributed by atoms with Crippen LogP contribution in [0.25, 0.3) is 10.2 Å². The van der Waals surface area contributed by atoms with Gasteiger partial charge in [0.2, 0.25) is 10.0 Å². The second-order valence-corrected chi connectivity index (χ2v) is 18.0. The molecular weight excluding hydrogens is 667 g/mol. The maximum Gasteiger partial charge on any atom is 0.306 e. The summed E-state index contributed by atoms with van der Waals surface area (Å²) in [7, 11) is -2.39. The Morgan fingerprint density at radius 1 is 1.14 bits per heavy atom. The number of hydrogen-bond acceptors (Lipinski definition) is 11. The number of aromatic nitrogens is 1. The van der Waals surface area contributed by atoms with Gasteiger partial charge in [0.1, 0.15) is 11.9 Å². The predicted octanol–water partition coefficient (Wildman–Crippen LogP) is 4.83. The molecule has 49 heavy (non-hydrogen) atoms. The number of nitrogens with one attached hydrogen (secondary N) is 1. The molecule has 0 amide bonds. The Morgan fingerprint density at radius 3 is 2.65 bits per heavy atom. The molecule has 3 aromatic rings. The van der Waals surface area contributed by atoms with Gasteiger partial charge in [-0.15, -0.1) is 0 Å². The first kappa shape index (κ1) is 33.3. The molecule has 2 bridgehead atoms. The Kier molecular flexibility index (Phi) is 8.89. The fourth-order valence-corrected chi connectivity index (χ4v) is 10.4. The number of fused-ring (bicyclic) bond motifs is 2. The second kappa shape index (κ2) is 13.1. The van der Waals surface area contributed by atoms with Crippen LogP contribution >= 0.6 is 11.3 Å². The SMILES string of the molecule is COc1ccc(C[C@H](CC(=O)OC2C3COC4OCC2C4C3)[C@H](O)CN(CC2(C)CC2)S(=O)(=O)c2ccc3nc(NC4CC4)sc3c2)cc1. The molecule has 2 saturated heterocycles. The number of ether oxygens (including phenoxy) is 4. The summed E-state index contributed by atoms with van der Waals surface area (Å²) in [6.45, 7) is 3.25. The molecular formula is C36H45N3O8S2. The molecule has 0 radical (unpaired) electrons. The van der Waals surface area contributed by atoms with Crippen LogP contribution in [0.4, 0.5) is 5.13 Å². The van der Waals surface area contributed by atoms with E-state index in [2.05, 4.69) is 17.2 Å². The highest BCUT2D eigenvalue weighted by atomic mass is 32.2. The standard InChI is InChI=1S/C36H45N3O8S2/c1-36(11-12-36)20-39(49(42,43)26-9-10-29-31(16-26)48-35(38-29)37-24-5-6-24)17-30(40)22(13-21-3-7-25(44-2)8-4-21)15-32(41)47-33-23-14-27-28(33)19-46-34(27)45-18-23/h3-4,7-10,16,22-24,27-28,30,33-34,40H,5-6,11-15,17-20H2,1-2H3,(H,37,38)/t22-,23?,27?,28?,30-,33?,34?/m1/s1. The molecule has 264 valence electrons. The van der Waals surface area contributed by atoms with Crippen LogP contribution in [-0.4, -0.2) is 86.7 Å². The van der Waals surface area contributed by atoms with E-state index in [1.54, 1.807) is 25.3 Å². The highest BCUT2D eigenvalue weighted by Crippen LogP contribution is 2.50. The molecule has 8 rings (SSSR count). The highest BCUT2D eigenvalue weighted by molar-refractivity contribution is 7.89. The van der Waals surface area contributed by atoms with E-state index in [4.69, 9.17) is 18.9 Å². The Labute approximate surface area is 291 Å². The largest absolute Gasteiger partial charge is 0.497 e. The summed E-state index contributed by atoms with van der Waals surface area (Å²) in [6.07, 6.45) is 3.69. The first-order chi connectivity index (χ1) is 23.6. The number of thiazole rings is 1. The van der Waals surface area contributed by atoms with E-state index in [0.717, 1.165) is 53.0 Å². The lowest BCUT2D eigenvalue weighted by Gasteiger charge is -2.31. The van der Waals surface area contributed by atoms with Gasteiger partial charge in [0.15, 0.2) is 11.4 Å². The number of aliphatic hydroxyl groups is 1. The highest BCUT2D eigenvalue weighted by Gasteiger charge is 2.56. The van der Waals surface area contributed by atoms with Crippen LogP contribution in [0, 0.1) is 29.1 Å². The molecule has 2 aromatic carbocycles. The molecule has 5 fully saturated rings. The van der Waals surface area contributed by atoms with E-state index in [9.17, 15) is 18.3 Å². The summed E-state index contributed by atoms with van der Waals surface area (Å²) in [5, 5.41) is 16.1. The normalized spacial score (nSPS) is 28.0. The molecule has 3 heterocycles. The Morgan fingerprint density at radius 2 is 1.92 bits per heavy atom. The fourth-order valence-electron chi connectivity index (χ4n) is 7.75. The van der Waals surface area contributed by atoms with E-state index in [0.29, 0.717) is 31.4 Å². The zero-order valence-corrected chi connectivity index (χ0v) is 29.6. The van der Waals surface area contributed by atoms with Crippen molar-refractivity contribution in [3.63, 3.8) is 0 Å². The lowest BCUT2D eigenvalue weighted by molar-refractivity contribution is -0.178. The zero-order chi connectivity index (χ0) is 33.9. The number of sulfonamides is 1. The van der Waals surface area contributed by atoms with Crippen molar-refractivity contribution in [3.8, 4) is 5.75 Å². The summed E-state index contributed by atoms with van der Waals surface area (Å²) in [4.78, 5) is 18.4. The molecule has 7 atom stereocenters. The van der Waals surface area contributed by atoms with Crippen LogP contribution in [0.2, 0.25) is 0 Å². The van der Waals surface area contributed by atoms with Gasteiger partial charge in [-0.05, 0) is 79.8 Å². The number of rotatable bonds is 15. The molecule has 5 aliphatic rings.